The molecule has 0 spiro atoms. The van der Waals surface area contributed by atoms with Gasteiger partial charge in [0.25, 0.3) is 5.91 Å². The van der Waals surface area contributed by atoms with E-state index in [1.54, 1.807) is 32.9 Å². The minimum Gasteiger partial charge on any atom is -0.487 e. The average Bonchev–Trinajstić information content (AvgIpc) is 2.62. The van der Waals surface area contributed by atoms with Crippen LogP contribution >= 0.6 is 0 Å². The second-order valence-electron chi connectivity index (χ2n) is 5.86. The number of nitrogens with one attached hydrogen (secondary N) is 1. The normalized spacial score (nSPS) is 10.4. The van der Waals surface area contributed by atoms with Crippen LogP contribution in [0, 0.1) is 10.1 Å². The number of esters is 1. The van der Waals surface area contributed by atoms with Crippen LogP contribution in [0.1, 0.15) is 41.5 Å². The molecule has 1 N–H and O–H groups in total. The van der Waals surface area contributed by atoms with Crippen molar-refractivity contribution in [2.75, 3.05) is 11.9 Å². The first-order chi connectivity index (χ1) is 12.8. The van der Waals surface area contributed by atoms with Crippen molar-refractivity contribution in [2.45, 2.75) is 26.9 Å². The second kappa shape index (κ2) is 8.79. The van der Waals surface area contributed by atoms with E-state index in [0.717, 1.165) is 6.07 Å². The molecule has 2 aromatic carbocycles. The van der Waals surface area contributed by atoms with E-state index < -0.39 is 16.8 Å². The Morgan fingerprint density at radius 2 is 1.74 bits per heavy atom. The van der Waals surface area contributed by atoms with Crippen LogP contribution in [0.4, 0.5) is 11.4 Å². The molecule has 8 nitrogen and oxygen atoms in total. The van der Waals surface area contributed by atoms with E-state index in [4.69, 9.17) is 9.47 Å². The lowest BCUT2D eigenvalue weighted by atomic mass is 10.1. The highest BCUT2D eigenvalue weighted by Gasteiger charge is 2.19. The van der Waals surface area contributed by atoms with Crippen molar-refractivity contribution >= 4 is 23.3 Å². The number of carbonyl (C=O) groups excluding carboxylic acids is 2. The zero-order valence-corrected chi connectivity index (χ0v) is 15.2. The van der Waals surface area contributed by atoms with Gasteiger partial charge in [-0.15, -0.1) is 0 Å². The number of nitro groups is 1. The number of hydrogen-bond donors (Lipinski definition) is 1. The van der Waals surface area contributed by atoms with Crippen LogP contribution in [0.5, 0.6) is 5.75 Å². The number of carbonyl (C=O) groups is 2. The molecule has 0 aliphatic rings. The monoisotopic (exact) mass is 372 g/mol. The fraction of sp³-hybridized carbons (Fsp3) is 0.263. The highest BCUT2D eigenvalue weighted by atomic mass is 16.6. The van der Waals surface area contributed by atoms with Crippen molar-refractivity contribution in [3.63, 3.8) is 0 Å². The molecule has 0 heterocycles. The van der Waals surface area contributed by atoms with E-state index in [0.29, 0.717) is 11.3 Å². The molecule has 0 saturated heterocycles. The molecule has 2 aromatic rings. The Bertz CT molecular complexity index is 846. The molecular weight excluding hydrogens is 352 g/mol. The fourth-order valence-corrected chi connectivity index (χ4v) is 2.25. The van der Waals surface area contributed by atoms with Crippen molar-refractivity contribution in [3.05, 3.63) is 63.7 Å². The molecule has 0 unspecified atom stereocenters. The lowest BCUT2D eigenvalue weighted by molar-refractivity contribution is -0.385. The Kier molecular flexibility index (Phi) is 6.48. The predicted molar refractivity (Wildman–Crippen MR) is 99.2 cm³/mol. The summed E-state index contributed by atoms with van der Waals surface area (Å²) in [4.78, 5) is 34.7. The van der Waals surface area contributed by atoms with Crippen molar-refractivity contribution in [1.29, 1.82) is 0 Å². The Labute approximate surface area is 156 Å². The maximum Gasteiger partial charge on any atom is 0.338 e. The molecule has 0 atom stereocenters. The standard InChI is InChI=1S/C19H20N2O6/c1-4-26-17-10-7-14(11-16(17)21(24)25)18(22)20-15-8-5-13(6-9-15)19(23)27-12(2)3/h5-12H,4H2,1-3H3,(H,20,22). The quantitative estimate of drug-likeness (QED) is 0.450. The number of benzene rings is 2. The summed E-state index contributed by atoms with van der Waals surface area (Å²) in [5.74, 6) is -0.865. The fourth-order valence-electron chi connectivity index (χ4n) is 2.25. The number of rotatable bonds is 7. The third-order valence-electron chi connectivity index (χ3n) is 3.44. The van der Waals surface area contributed by atoms with Gasteiger partial charge in [0, 0.05) is 17.3 Å². The number of anilines is 1. The molecule has 27 heavy (non-hydrogen) atoms. The molecule has 8 heteroatoms. The number of hydrogen-bond acceptors (Lipinski definition) is 6. The molecule has 0 saturated carbocycles. The van der Waals surface area contributed by atoms with Crippen LogP contribution in [0.25, 0.3) is 0 Å². The maximum absolute atomic E-state index is 12.4. The van der Waals surface area contributed by atoms with Crippen molar-refractivity contribution in [2.24, 2.45) is 0 Å². The van der Waals surface area contributed by atoms with Gasteiger partial charge < -0.3 is 14.8 Å². The molecule has 1 amide bonds. The van der Waals surface area contributed by atoms with E-state index in [-0.39, 0.29) is 29.7 Å². The molecular formula is C19H20N2O6. The summed E-state index contributed by atoms with van der Waals surface area (Å²) < 4.78 is 10.3. The first-order valence-electron chi connectivity index (χ1n) is 8.35. The Balaban J connectivity index is 2.14. The van der Waals surface area contributed by atoms with Crippen molar-refractivity contribution in [1.82, 2.24) is 0 Å². The smallest absolute Gasteiger partial charge is 0.338 e. The lowest BCUT2D eigenvalue weighted by Crippen LogP contribution is -2.13. The zero-order chi connectivity index (χ0) is 20.0. The topological polar surface area (TPSA) is 108 Å². The maximum atomic E-state index is 12.4. The van der Waals surface area contributed by atoms with Gasteiger partial charge in [0.2, 0.25) is 0 Å². The second-order valence-corrected chi connectivity index (χ2v) is 5.86. The molecule has 0 aliphatic carbocycles. The summed E-state index contributed by atoms with van der Waals surface area (Å²) in [7, 11) is 0. The van der Waals surface area contributed by atoms with Crippen LogP contribution in [-0.2, 0) is 4.74 Å². The van der Waals surface area contributed by atoms with Gasteiger partial charge in [-0.25, -0.2) is 4.79 Å². The van der Waals surface area contributed by atoms with Gasteiger partial charge in [0.05, 0.1) is 23.2 Å². The van der Waals surface area contributed by atoms with Gasteiger partial charge in [-0.1, -0.05) is 0 Å². The van der Waals surface area contributed by atoms with Crippen LogP contribution in [0.3, 0.4) is 0 Å². The van der Waals surface area contributed by atoms with E-state index in [9.17, 15) is 19.7 Å². The summed E-state index contributed by atoms with van der Waals surface area (Å²) in [6.45, 7) is 5.49. The number of nitrogens with zero attached hydrogens (tertiary/aromatic N) is 1. The molecule has 0 aromatic heterocycles. The van der Waals surface area contributed by atoms with Crippen LogP contribution < -0.4 is 10.1 Å². The van der Waals surface area contributed by atoms with E-state index in [1.165, 1.54) is 24.3 Å². The summed E-state index contributed by atoms with van der Waals surface area (Å²) >= 11 is 0. The largest absolute Gasteiger partial charge is 0.487 e. The first kappa shape index (κ1) is 19.9. The van der Waals surface area contributed by atoms with Gasteiger partial charge in [-0.3, -0.25) is 14.9 Å². The average molecular weight is 372 g/mol. The van der Waals surface area contributed by atoms with Gasteiger partial charge in [0.15, 0.2) is 5.75 Å². The number of ether oxygens (including phenoxy) is 2. The SMILES string of the molecule is CCOc1ccc(C(=O)Nc2ccc(C(=O)OC(C)C)cc2)cc1[N+](=O)[O-]. The molecule has 0 aliphatic heterocycles. The Morgan fingerprint density at radius 1 is 1.11 bits per heavy atom. The number of nitro benzene ring substituents is 1. The minimum atomic E-state index is -0.600. The summed E-state index contributed by atoms with van der Waals surface area (Å²) in [5, 5.41) is 13.8. The molecule has 142 valence electrons. The Hall–Kier alpha value is -3.42. The van der Waals surface area contributed by atoms with Crippen molar-refractivity contribution < 1.29 is 24.0 Å². The van der Waals surface area contributed by atoms with Crippen LogP contribution in [-0.4, -0.2) is 29.5 Å². The molecule has 0 radical (unpaired) electrons. The van der Waals surface area contributed by atoms with Crippen LogP contribution in [0.2, 0.25) is 0 Å². The number of amides is 1. The van der Waals surface area contributed by atoms with Gasteiger partial charge in [-0.05, 0) is 57.2 Å². The van der Waals surface area contributed by atoms with Crippen molar-refractivity contribution in [3.8, 4) is 5.75 Å². The third-order valence-corrected chi connectivity index (χ3v) is 3.44. The summed E-state index contributed by atoms with van der Waals surface area (Å²) in [5.41, 5.74) is 0.640. The third kappa shape index (κ3) is 5.27. The van der Waals surface area contributed by atoms with Gasteiger partial charge in [0.1, 0.15) is 0 Å². The lowest BCUT2D eigenvalue weighted by Gasteiger charge is -2.09. The van der Waals surface area contributed by atoms with Crippen LogP contribution in [0.15, 0.2) is 42.5 Å². The van der Waals surface area contributed by atoms with E-state index in [1.807, 2.05) is 0 Å². The minimum absolute atomic E-state index is 0.104. The summed E-state index contributed by atoms with van der Waals surface area (Å²) in [6.07, 6.45) is -0.229. The first-order valence-corrected chi connectivity index (χ1v) is 8.35. The molecule has 0 fully saturated rings. The van der Waals surface area contributed by atoms with E-state index in [2.05, 4.69) is 5.32 Å². The summed E-state index contributed by atoms with van der Waals surface area (Å²) in [6, 6.07) is 10.2. The highest BCUT2D eigenvalue weighted by molar-refractivity contribution is 6.05. The Morgan fingerprint density at radius 3 is 2.30 bits per heavy atom. The molecule has 0 bridgehead atoms. The molecule has 2 rings (SSSR count). The highest BCUT2D eigenvalue weighted by Crippen LogP contribution is 2.28. The van der Waals surface area contributed by atoms with Gasteiger partial charge >= 0.3 is 11.7 Å². The van der Waals surface area contributed by atoms with Gasteiger partial charge in [-0.2, -0.15) is 0 Å². The predicted octanol–water partition coefficient (Wildman–Crippen LogP) is 3.81. The van der Waals surface area contributed by atoms with E-state index >= 15 is 0 Å². The zero-order valence-electron chi connectivity index (χ0n) is 15.2.